The lowest BCUT2D eigenvalue weighted by molar-refractivity contribution is -0.132. The molecule has 2 saturated heterocycles. The summed E-state index contributed by atoms with van der Waals surface area (Å²) in [6.45, 7) is 3.89. The van der Waals surface area contributed by atoms with Crippen LogP contribution in [0, 0.1) is 0 Å². The average Bonchev–Trinajstić information content (AvgIpc) is 3.47. The van der Waals surface area contributed by atoms with Crippen molar-refractivity contribution in [1.82, 2.24) is 4.90 Å². The Balaban J connectivity index is 1.50. The van der Waals surface area contributed by atoms with Crippen LogP contribution in [0.4, 0.5) is 11.4 Å². The molecule has 9 heteroatoms. The maximum absolute atomic E-state index is 13.2. The molecule has 0 unspecified atom stereocenters. The van der Waals surface area contributed by atoms with Crippen LogP contribution in [0.15, 0.2) is 47.4 Å². The summed E-state index contributed by atoms with van der Waals surface area (Å²) in [5.74, 6) is 0.860. The van der Waals surface area contributed by atoms with Gasteiger partial charge in [-0.15, -0.1) is 0 Å². The average molecular weight is 512 g/mol. The Morgan fingerprint density at radius 1 is 1.09 bits per heavy atom. The predicted octanol–water partition coefficient (Wildman–Crippen LogP) is 4.56. The van der Waals surface area contributed by atoms with Crippen molar-refractivity contribution in [3.8, 4) is 11.5 Å². The van der Waals surface area contributed by atoms with Gasteiger partial charge in [0.2, 0.25) is 0 Å². The number of amides is 2. The third-order valence-electron chi connectivity index (χ3n) is 5.79. The minimum absolute atomic E-state index is 0.0173. The second kappa shape index (κ2) is 11.1. The molecule has 2 amide bonds. The van der Waals surface area contributed by atoms with Gasteiger partial charge in [-0.3, -0.25) is 14.5 Å². The molecule has 0 aliphatic carbocycles. The van der Waals surface area contributed by atoms with E-state index in [9.17, 15) is 9.59 Å². The molecular formula is C26H29N3O4S2. The van der Waals surface area contributed by atoms with Crippen molar-refractivity contribution < 1.29 is 19.1 Å². The molecule has 35 heavy (non-hydrogen) atoms. The van der Waals surface area contributed by atoms with E-state index < -0.39 is 0 Å². The summed E-state index contributed by atoms with van der Waals surface area (Å²) in [4.78, 5) is 31.4. The summed E-state index contributed by atoms with van der Waals surface area (Å²) in [5, 5.41) is 0. The zero-order valence-corrected chi connectivity index (χ0v) is 21.8. The minimum Gasteiger partial charge on any atom is -0.490 e. The van der Waals surface area contributed by atoms with Crippen molar-refractivity contribution in [2.75, 3.05) is 50.2 Å². The number of hydrogen-bond acceptors (Lipinski definition) is 7. The Labute approximate surface area is 215 Å². The first kappa shape index (κ1) is 25.1. The van der Waals surface area contributed by atoms with Crippen LogP contribution >= 0.6 is 24.0 Å². The van der Waals surface area contributed by atoms with E-state index in [0.717, 1.165) is 42.9 Å². The quantitative estimate of drug-likeness (QED) is 0.380. The first-order valence-electron chi connectivity index (χ1n) is 11.6. The molecule has 2 aromatic rings. The first-order chi connectivity index (χ1) is 16.9. The summed E-state index contributed by atoms with van der Waals surface area (Å²) in [7, 11) is 3.94. The van der Waals surface area contributed by atoms with Crippen LogP contribution in [0.2, 0.25) is 0 Å². The second-order valence-corrected chi connectivity index (χ2v) is 10.1. The normalized spacial score (nSPS) is 16.8. The molecule has 0 atom stereocenters. The van der Waals surface area contributed by atoms with Gasteiger partial charge in [-0.25, -0.2) is 0 Å². The van der Waals surface area contributed by atoms with E-state index in [-0.39, 0.29) is 18.4 Å². The van der Waals surface area contributed by atoms with Crippen LogP contribution in [0.1, 0.15) is 25.3 Å². The van der Waals surface area contributed by atoms with Crippen LogP contribution in [0.25, 0.3) is 6.08 Å². The van der Waals surface area contributed by atoms with E-state index in [1.165, 1.54) is 11.8 Å². The van der Waals surface area contributed by atoms with Gasteiger partial charge in [0.15, 0.2) is 22.4 Å². The lowest BCUT2D eigenvalue weighted by Crippen LogP contribution is -2.32. The molecule has 0 N–H and O–H groups in total. The van der Waals surface area contributed by atoms with Gasteiger partial charge in [-0.1, -0.05) is 30.0 Å². The first-order valence-corrected chi connectivity index (χ1v) is 12.8. The summed E-state index contributed by atoms with van der Waals surface area (Å²) < 4.78 is 12.0. The fourth-order valence-electron chi connectivity index (χ4n) is 3.94. The van der Waals surface area contributed by atoms with Crippen molar-refractivity contribution in [3.63, 3.8) is 0 Å². The van der Waals surface area contributed by atoms with Gasteiger partial charge in [0.05, 0.1) is 17.2 Å². The predicted molar refractivity (Wildman–Crippen MR) is 145 cm³/mol. The summed E-state index contributed by atoms with van der Waals surface area (Å²) >= 11 is 6.78. The SMILES string of the molecule is CCOc1cc(/C=C2\SC(=S)N(c3ccc(N(C)C)cc3)C2=O)ccc1OCC(=O)N1CCCC1. The van der Waals surface area contributed by atoms with Crippen LogP contribution in [-0.4, -0.2) is 61.4 Å². The smallest absolute Gasteiger partial charge is 0.270 e. The molecule has 2 aliphatic heterocycles. The van der Waals surface area contributed by atoms with Gasteiger partial charge in [0, 0.05) is 32.9 Å². The van der Waals surface area contributed by atoms with E-state index in [0.29, 0.717) is 27.3 Å². The third kappa shape index (κ3) is 5.79. The highest BCUT2D eigenvalue weighted by Gasteiger charge is 2.33. The van der Waals surface area contributed by atoms with Gasteiger partial charge >= 0.3 is 0 Å². The number of anilines is 2. The fraction of sp³-hybridized carbons (Fsp3) is 0.346. The van der Waals surface area contributed by atoms with Crippen molar-refractivity contribution in [3.05, 3.63) is 52.9 Å². The summed E-state index contributed by atoms with van der Waals surface area (Å²) in [6.07, 6.45) is 3.88. The number of benzene rings is 2. The number of carbonyl (C=O) groups is 2. The highest BCUT2D eigenvalue weighted by Crippen LogP contribution is 2.37. The minimum atomic E-state index is -0.160. The molecule has 0 saturated carbocycles. The zero-order valence-electron chi connectivity index (χ0n) is 20.2. The number of ether oxygens (including phenoxy) is 2. The maximum Gasteiger partial charge on any atom is 0.270 e. The summed E-state index contributed by atoms with van der Waals surface area (Å²) in [6, 6.07) is 13.1. The van der Waals surface area contributed by atoms with Gasteiger partial charge in [-0.2, -0.15) is 0 Å². The van der Waals surface area contributed by atoms with E-state index in [1.807, 2.05) is 67.2 Å². The molecule has 184 valence electrons. The van der Waals surface area contributed by atoms with Crippen molar-refractivity contribution in [1.29, 1.82) is 0 Å². The van der Waals surface area contributed by atoms with E-state index in [2.05, 4.69) is 0 Å². The highest BCUT2D eigenvalue weighted by molar-refractivity contribution is 8.27. The molecule has 4 rings (SSSR count). The van der Waals surface area contributed by atoms with E-state index >= 15 is 0 Å². The molecule has 0 aromatic heterocycles. The lowest BCUT2D eigenvalue weighted by atomic mass is 10.1. The second-order valence-electron chi connectivity index (χ2n) is 8.44. The largest absolute Gasteiger partial charge is 0.490 e. The number of rotatable bonds is 8. The number of nitrogens with zero attached hydrogens (tertiary/aromatic N) is 3. The third-order valence-corrected chi connectivity index (χ3v) is 7.10. The molecule has 2 heterocycles. The lowest BCUT2D eigenvalue weighted by Gasteiger charge is -2.17. The Hall–Kier alpha value is -3.04. The number of thioether (sulfide) groups is 1. The molecule has 7 nitrogen and oxygen atoms in total. The van der Waals surface area contributed by atoms with Crippen LogP contribution in [0.5, 0.6) is 11.5 Å². The standard InChI is InChI=1S/C26H29N3O4S2/c1-4-32-22-15-18(7-12-21(22)33-17-24(30)28-13-5-6-14-28)16-23-25(31)29(26(34)35-23)20-10-8-19(9-11-20)27(2)3/h7-12,15-16H,4-6,13-14,17H2,1-3H3/b23-16-. The molecule has 0 spiro atoms. The molecule has 2 fully saturated rings. The van der Waals surface area contributed by atoms with Crippen LogP contribution in [0.3, 0.4) is 0 Å². The van der Waals surface area contributed by atoms with Crippen molar-refractivity contribution >= 4 is 57.6 Å². The molecular weight excluding hydrogens is 482 g/mol. The Kier molecular flexibility index (Phi) is 7.97. The zero-order chi connectivity index (χ0) is 24.9. The van der Waals surface area contributed by atoms with E-state index in [4.69, 9.17) is 21.7 Å². The van der Waals surface area contributed by atoms with Crippen LogP contribution < -0.4 is 19.3 Å². The maximum atomic E-state index is 13.2. The number of likely N-dealkylation sites (tertiary alicyclic amines) is 1. The molecule has 2 aliphatic rings. The number of thiocarbonyl (C=S) groups is 1. The highest BCUT2D eigenvalue weighted by atomic mass is 32.2. The molecule has 2 aromatic carbocycles. The van der Waals surface area contributed by atoms with Gasteiger partial charge in [-0.05, 0) is 67.8 Å². The van der Waals surface area contributed by atoms with Crippen LogP contribution in [-0.2, 0) is 9.59 Å². The van der Waals surface area contributed by atoms with Crippen molar-refractivity contribution in [2.45, 2.75) is 19.8 Å². The topological polar surface area (TPSA) is 62.3 Å². The molecule has 0 radical (unpaired) electrons. The number of carbonyl (C=O) groups excluding carboxylic acids is 2. The van der Waals surface area contributed by atoms with Gasteiger partial charge < -0.3 is 19.3 Å². The Morgan fingerprint density at radius 3 is 2.46 bits per heavy atom. The summed E-state index contributed by atoms with van der Waals surface area (Å²) in [5.41, 5.74) is 2.57. The molecule has 0 bridgehead atoms. The fourth-order valence-corrected chi connectivity index (χ4v) is 5.24. The monoisotopic (exact) mass is 511 g/mol. The van der Waals surface area contributed by atoms with Gasteiger partial charge in [0.25, 0.3) is 11.8 Å². The van der Waals surface area contributed by atoms with E-state index in [1.54, 1.807) is 17.0 Å². The van der Waals surface area contributed by atoms with Crippen molar-refractivity contribution in [2.24, 2.45) is 0 Å². The van der Waals surface area contributed by atoms with Gasteiger partial charge in [0.1, 0.15) is 0 Å². The number of hydrogen-bond donors (Lipinski definition) is 0. The Morgan fingerprint density at radius 2 is 1.80 bits per heavy atom. The Bertz CT molecular complexity index is 1140.